The maximum Gasteiger partial charge on any atom is 0.277 e. The Bertz CT molecular complexity index is 1090. The van der Waals surface area contributed by atoms with Crippen molar-refractivity contribution in [2.24, 2.45) is 12.5 Å². The zero-order chi connectivity index (χ0) is 20.2. The fourth-order valence-corrected chi connectivity index (χ4v) is 4.96. The van der Waals surface area contributed by atoms with Crippen LogP contribution in [0.4, 0.5) is 5.95 Å². The summed E-state index contributed by atoms with van der Waals surface area (Å²) in [6.45, 7) is 4.95. The Morgan fingerprint density at radius 1 is 1.23 bits per heavy atom. The van der Waals surface area contributed by atoms with Gasteiger partial charge in [0.25, 0.3) is 5.91 Å². The highest BCUT2D eigenvalue weighted by Crippen LogP contribution is 2.42. The number of nitrogens with zero attached hydrogens (tertiary/aromatic N) is 5. The van der Waals surface area contributed by atoms with Crippen molar-refractivity contribution in [2.75, 3.05) is 31.1 Å². The second kappa shape index (κ2) is 7.81. The molecule has 0 radical (unpaired) electrons. The first-order valence-corrected chi connectivity index (χ1v) is 10.2. The van der Waals surface area contributed by atoms with E-state index < -0.39 is 5.91 Å². The van der Waals surface area contributed by atoms with Crippen molar-refractivity contribution < 1.29 is 10.0 Å². The predicted molar refractivity (Wildman–Crippen MR) is 119 cm³/mol. The van der Waals surface area contributed by atoms with E-state index in [1.165, 1.54) is 28.9 Å². The lowest BCUT2D eigenvalue weighted by atomic mass is 9.73. The third kappa shape index (κ3) is 3.56. The van der Waals surface area contributed by atoms with Crippen LogP contribution in [0, 0.1) is 5.41 Å². The largest absolute Gasteiger partial charge is 0.350 e. The van der Waals surface area contributed by atoms with E-state index in [1.807, 2.05) is 0 Å². The fraction of sp³-hybridized carbons (Fsp3) is 0.350. The molecule has 2 saturated heterocycles. The summed E-state index contributed by atoms with van der Waals surface area (Å²) in [5, 5.41) is 9.97. The highest BCUT2D eigenvalue weighted by molar-refractivity contribution is 9.10. The molecule has 0 bridgehead atoms. The zero-order valence-electron chi connectivity index (χ0n) is 16.4. The minimum Gasteiger partial charge on any atom is -0.350 e. The van der Waals surface area contributed by atoms with Gasteiger partial charge in [0.15, 0.2) is 0 Å². The van der Waals surface area contributed by atoms with Crippen molar-refractivity contribution in [2.45, 2.75) is 6.54 Å². The summed E-state index contributed by atoms with van der Waals surface area (Å²) in [7, 11) is 2.09. The summed E-state index contributed by atoms with van der Waals surface area (Å²) in [5.41, 5.74) is 4.75. The molecule has 2 fully saturated rings. The Balaban J connectivity index is 0.00000218. The third-order valence-electron chi connectivity index (χ3n) is 5.88. The number of fused-ring (bicyclic) bond motifs is 1. The molecule has 8 nitrogen and oxygen atoms in total. The number of hydrogen-bond donors (Lipinski definition) is 2. The lowest BCUT2D eigenvalue weighted by molar-refractivity contribution is -0.0278. The van der Waals surface area contributed by atoms with Crippen LogP contribution in [0.2, 0.25) is 0 Å². The predicted octanol–water partition coefficient (Wildman–Crippen LogP) is 2.59. The van der Waals surface area contributed by atoms with Crippen LogP contribution >= 0.6 is 28.3 Å². The van der Waals surface area contributed by atoms with Gasteiger partial charge < -0.3 is 9.47 Å². The number of hydroxylamine groups is 1. The summed E-state index contributed by atoms with van der Waals surface area (Å²) in [5.74, 6) is 0.0224. The number of carbonyl (C=O) groups excluding carboxylic acids is 1. The van der Waals surface area contributed by atoms with Crippen molar-refractivity contribution in [3.05, 3.63) is 52.4 Å². The van der Waals surface area contributed by atoms with Gasteiger partial charge in [0, 0.05) is 79.2 Å². The molecule has 2 aliphatic heterocycles. The number of amides is 1. The first-order chi connectivity index (χ1) is 14.0. The number of aromatic nitrogens is 3. The van der Waals surface area contributed by atoms with E-state index in [4.69, 9.17) is 5.21 Å². The maximum atomic E-state index is 11.4. The van der Waals surface area contributed by atoms with Crippen LogP contribution in [0.3, 0.4) is 0 Å². The molecule has 0 unspecified atom stereocenters. The molecule has 0 saturated carbocycles. The second-order valence-electron chi connectivity index (χ2n) is 8.14. The number of halogens is 2. The van der Waals surface area contributed by atoms with Gasteiger partial charge in [-0.05, 0) is 23.8 Å². The monoisotopic (exact) mass is 492 g/mol. The van der Waals surface area contributed by atoms with Crippen LogP contribution in [0.5, 0.6) is 0 Å². The number of anilines is 1. The molecule has 0 aliphatic carbocycles. The van der Waals surface area contributed by atoms with Crippen molar-refractivity contribution in [1.29, 1.82) is 0 Å². The van der Waals surface area contributed by atoms with Gasteiger partial charge in [-0.15, -0.1) is 12.4 Å². The molecule has 2 aromatic heterocycles. The Labute approximate surface area is 188 Å². The second-order valence-corrected chi connectivity index (χ2v) is 9.06. The normalized spacial score (nSPS) is 17.4. The van der Waals surface area contributed by atoms with Crippen molar-refractivity contribution in [3.63, 3.8) is 0 Å². The Hall–Kier alpha value is -2.20. The number of aryl methyl sites for hydroxylation is 1. The summed E-state index contributed by atoms with van der Waals surface area (Å²) in [6, 6.07) is 6.43. The molecule has 30 heavy (non-hydrogen) atoms. The number of hydrogen-bond acceptors (Lipinski definition) is 6. The van der Waals surface area contributed by atoms with E-state index >= 15 is 0 Å². The Kier molecular flexibility index (Phi) is 5.48. The van der Waals surface area contributed by atoms with Gasteiger partial charge in [0.2, 0.25) is 5.95 Å². The summed E-state index contributed by atoms with van der Waals surface area (Å²) in [4.78, 5) is 24.5. The molecule has 2 aliphatic rings. The van der Waals surface area contributed by atoms with Gasteiger partial charge in [-0.2, -0.15) is 0 Å². The fourth-order valence-electron chi connectivity index (χ4n) is 4.60. The number of nitrogens with one attached hydrogen (secondary N) is 1. The molecule has 1 amide bonds. The minimum atomic E-state index is -0.605. The maximum absolute atomic E-state index is 11.4. The lowest BCUT2D eigenvalue weighted by Crippen LogP contribution is -2.72. The SMILES string of the molecule is Cl.Cn1cc(CN2CC3(C2)CN(c2ncc(C(=O)NO)cn2)C3)c2cc(Br)ccc21. The van der Waals surface area contributed by atoms with Crippen LogP contribution in [0.15, 0.2) is 41.3 Å². The third-order valence-corrected chi connectivity index (χ3v) is 6.38. The van der Waals surface area contributed by atoms with Gasteiger partial charge in [-0.1, -0.05) is 15.9 Å². The molecule has 10 heteroatoms. The summed E-state index contributed by atoms with van der Waals surface area (Å²) in [6.07, 6.45) is 5.10. The molecule has 4 heterocycles. The standard InChI is InChI=1S/C20H21BrN6O2.ClH/c1-25-7-14(16-4-15(21)2-3-17(16)25)8-26-9-20(10-26)11-27(12-20)19-22-5-13(6-23-19)18(28)24-29;/h2-7,29H,8-12H2,1H3,(H,24,28);1H. The molecular formula is C20H22BrClN6O2. The van der Waals surface area contributed by atoms with Crippen LogP contribution in [-0.2, 0) is 13.6 Å². The van der Waals surface area contributed by atoms with Crippen LogP contribution in [-0.4, -0.2) is 56.7 Å². The summed E-state index contributed by atoms with van der Waals surface area (Å²) >= 11 is 3.58. The molecule has 3 aromatic rings. The van der Waals surface area contributed by atoms with Gasteiger partial charge in [0.1, 0.15) is 0 Å². The molecule has 0 atom stereocenters. The van der Waals surface area contributed by atoms with E-state index in [0.29, 0.717) is 11.4 Å². The topological polar surface area (TPSA) is 86.5 Å². The van der Waals surface area contributed by atoms with E-state index in [2.05, 4.69) is 71.7 Å². The van der Waals surface area contributed by atoms with Crippen molar-refractivity contribution in [1.82, 2.24) is 24.9 Å². The van der Waals surface area contributed by atoms with Crippen LogP contribution in [0.1, 0.15) is 15.9 Å². The number of carbonyl (C=O) groups is 1. The molecule has 1 aromatic carbocycles. The smallest absolute Gasteiger partial charge is 0.277 e. The number of benzene rings is 1. The number of likely N-dealkylation sites (tertiary alicyclic amines) is 1. The van der Waals surface area contributed by atoms with Crippen LogP contribution in [0.25, 0.3) is 10.9 Å². The summed E-state index contributed by atoms with van der Waals surface area (Å²) < 4.78 is 3.30. The van der Waals surface area contributed by atoms with E-state index in [1.54, 1.807) is 5.48 Å². The Morgan fingerprint density at radius 2 is 1.93 bits per heavy atom. The van der Waals surface area contributed by atoms with Gasteiger partial charge in [0.05, 0.1) is 5.56 Å². The average molecular weight is 494 g/mol. The van der Waals surface area contributed by atoms with Gasteiger partial charge in [-0.3, -0.25) is 14.9 Å². The quantitative estimate of drug-likeness (QED) is 0.429. The average Bonchev–Trinajstić information content (AvgIpc) is 2.97. The highest BCUT2D eigenvalue weighted by atomic mass is 79.9. The van der Waals surface area contributed by atoms with E-state index in [0.717, 1.165) is 37.2 Å². The van der Waals surface area contributed by atoms with Gasteiger partial charge >= 0.3 is 0 Å². The Morgan fingerprint density at radius 3 is 2.60 bits per heavy atom. The molecule has 2 N–H and O–H groups in total. The van der Waals surface area contributed by atoms with Crippen LogP contribution < -0.4 is 10.4 Å². The van der Waals surface area contributed by atoms with E-state index in [9.17, 15) is 4.79 Å². The van der Waals surface area contributed by atoms with E-state index in [-0.39, 0.29) is 18.0 Å². The molecule has 1 spiro atoms. The minimum absolute atomic E-state index is 0. The first kappa shape index (κ1) is 21.0. The van der Waals surface area contributed by atoms with Crippen molar-refractivity contribution >= 4 is 51.1 Å². The van der Waals surface area contributed by atoms with Crippen molar-refractivity contribution in [3.8, 4) is 0 Å². The van der Waals surface area contributed by atoms with Gasteiger partial charge in [-0.25, -0.2) is 15.4 Å². The molecule has 5 rings (SSSR count). The first-order valence-electron chi connectivity index (χ1n) is 9.44. The molecular weight excluding hydrogens is 472 g/mol. The number of rotatable bonds is 4. The zero-order valence-corrected chi connectivity index (χ0v) is 18.8. The highest BCUT2D eigenvalue weighted by Gasteiger charge is 2.52. The molecule has 158 valence electrons. The lowest BCUT2D eigenvalue weighted by Gasteiger charge is -2.60.